The van der Waals surface area contributed by atoms with Crippen LogP contribution in [-0.4, -0.2) is 34.9 Å². The number of piperidine rings is 1. The van der Waals surface area contributed by atoms with E-state index in [4.69, 9.17) is 4.42 Å². The van der Waals surface area contributed by atoms with E-state index in [0.717, 1.165) is 37.4 Å². The zero-order valence-electron chi connectivity index (χ0n) is 11.3. The van der Waals surface area contributed by atoms with Gasteiger partial charge in [-0.1, -0.05) is 6.92 Å². The monoisotopic (exact) mass is 251 g/mol. The van der Waals surface area contributed by atoms with Crippen molar-refractivity contribution in [3.8, 4) is 0 Å². The minimum Gasteiger partial charge on any atom is -0.444 e. The number of nitrogens with zero attached hydrogens (tertiary/aromatic N) is 2. The molecule has 100 valence electrons. The number of nitrogens with one attached hydrogen (secondary N) is 1. The van der Waals surface area contributed by atoms with Gasteiger partial charge in [0.1, 0.15) is 5.76 Å². The summed E-state index contributed by atoms with van der Waals surface area (Å²) in [5.41, 5.74) is 0.901. The van der Waals surface area contributed by atoms with Crippen molar-refractivity contribution in [2.45, 2.75) is 46.2 Å². The fraction of sp³-hybridized carbons (Fsp3) is 0.692. The molecule has 0 aromatic carbocycles. The second-order valence-electron chi connectivity index (χ2n) is 4.76. The molecule has 1 amide bonds. The van der Waals surface area contributed by atoms with Gasteiger partial charge in [-0.25, -0.2) is 4.98 Å². The van der Waals surface area contributed by atoms with E-state index in [0.29, 0.717) is 12.4 Å². The molecule has 0 saturated carbocycles. The largest absolute Gasteiger partial charge is 0.444 e. The first-order valence-corrected chi connectivity index (χ1v) is 6.57. The van der Waals surface area contributed by atoms with Crippen molar-refractivity contribution in [1.29, 1.82) is 0 Å². The first-order chi connectivity index (χ1) is 8.61. The van der Waals surface area contributed by atoms with E-state index in [-0.39, 0.29) is 11.9 Å². The van der Waals surface area contributed by atoms with Crippen LogP contribution in [0.25, 0.3) is 0 Å². The Balaban J connectivity index is 2.02. The number of likely N-dealkylation sites (tertiary alicyclic amines) is 1. The van der Waals surface area contributed by atoms with Gasteiger partial charge in [0, 0.05) is 6.54 Å². The SMILES string of the molecule is CCNC1CCCN(Cc2nc(C)c(C)o2)C1=O. The van der Waals surface area contributed by atoms with E-state index >= 15 is 0 Å². The van der Waals surface area contributed by atoms with Crippen molar-refractivity contribution in [3.05, 3.63) is 17.3 Å². The van der Waals surface area contributed by atoms with E-state index in [2.05, 4.69) is 10.3 Å². The van der Waals surface area contributed by atoms with Crippen molar-refractivity contribution in [1.82, 2.24) is 15.2 Å². The van der Waals surface area contributed by atoms with E-state index in [1.165, 1.54) is 0 Å². The molecule has 1 unspecified atom stereocenters. The minimum absolute atomic E-state index is 0.0408. The Kier molecular flexibility index (Phi) is 4.01. The Hall–Kier alpha value is -1.36. The predicted octanol–water partition coefficient (Wildman–Crippen LogP) is 1.39. The van der Waals surface area contributed by atoms with Crippen LogP contribution in [0, 0.1) is 13.8 Å². The number of hydrogen-bond acceptors (Lipinski definition) is 4. The molecule has 1 aliphatic heterocycles. The molecule has 0 bridgehead atoms. The summed E-state index contributed by atoms with van der Waals surface area (Å²) in [5, 5.41) is 3.22. The number of oxazole rings is 1. The van der Waals surface area contributed by atoms with Crippen LogP contribution in [0.1, 0.15) is 37.1 Å². The predicted molar refractivity (Wildman–Crippen MR) is 68.1 cm³/mol. The molecule has 1 saturated heterocycles. The van der Waals surface area contributed by atoms with Gasteiger partial charge in [-0.2, -0.15) is 0 Å². The Morgan fingerprint density at radius 1 is 1.50 bits per heavy atom. The van der Waals surface area contributed by atoms with Crippen molar-refractivity contribution >= 4 is 5.91 Å². The summed E-state index contributed by atoms with van der Waals surface area (Å²) in [6.07, 6.45) is 1.95. The average Bonchev–Trinajstić information content (AvgIpc) is 2.64. The highest BCUT2D eigenvalue weighted by Crippen LogP contribution is 2.16. The summed E-state index contributed by atoms with van der Waals surface area (Å²) >= 11 is 0. The summed E-state index contributed by atoms with van der Waals surface area (Å²) in [6.45, 7) is 7.93. The molecule has 0 spiro atoms. The lowest BCUT2D eigenvalue weighted by Gasteiger charge is -2.31. The van der Waals surface area contributed by atoms with E-state index in [1.54, 1.807) is 0 Å². The molecule has 1 aromatic rings. The molecule has 5 nitrogen and oxygen atoms in total. The van der Waals surface area contributed by atoms with Crippen LogP contribution < -0.4 is 5.32 Å². The summed E-state index contributed by atoms with van der Waals surface area (Å²) in [6, 6.07) is -0.0408. The maximum atomic E-state index is 12.2. The maximum Gasteiger partial charge on any atom is 0.240 e. The van der Waals surface area contributed by atoms with Gasteiger partial charge in [0.15, 0.2) is 0 Å². The normalized spacial score (nSPS) is 20.5. The summed E-state index contributed by atoms with van der Waals surface area (Å²) in [5.74, 6) is 1.63. The molecule has 1 fully saturated rings. The fourth-order valence-electron chi connectivity index (χ4n) is 2.30. The van der Waals surface area contributed by atoms with Gasteiger partial charge in [-0.3, -0.25) is 4.79 Å². The van der Waals surface area contributed by atoms with Crippen LogP contribution in [0.15, 0.2) is 4.42 Å². The van der Waals surface area contributed by atoms with Gasteiger partial charge in [0.25, 0.3) is 0 Å². The first-order valence-electron chi connectivity index (χ1n) is 6.57. The molecular weight excluding hydrogens is 230 g/mol. The minimum atomic E-state index is -0.0408. The van der Waals surface area contributed by atoms with Crippen LogP contribution in [0.2, 0.25) is 0 Å². The van der Waals surface area contributed by atoms with Crippen molar-refractivity contribution in [2.75, 3.05) is 13.1 Å². The molecule has 1 atom stereocenters. The van der Waals surface area contributed by atoms with Gasteiger partial charge in [0.2, 0.25) is 11.8 Å². The average molecular weight is 251 g/mol. The third-order valence-electron chi connectivity index (χ3n) is 3.38. The molecule has 2 heterocycles. The topological polar surface area (TPSA) is 58.4 Å². The fourth-order valence-corrected chi connectivity index (χ4v) is 2.30. The molecule has 0 aliphatic carbocycles. The molecule has 0 radical (unpaired) electrons. The molecule has 18 heavy (non-hydrogen) atoms. The zero-order chi connectivity index (χ0) is 13.1. The van der Waals surface area contributed by atoms with Gasteiger partial charge in [0.05, 0.1) is 18.3 Å². The lowest BCUT2D eigenvalue weighted by atomic mass is 10.0. The van der Waals surface area contributed by atoms with Gasteiger partial charge >= 0.3 is 0 Å². The van der Waals surface area contributed by atoms with Crippen LogP contribution in [-0.2, 0) is 11.3 Å². The molecule has 1 aliphatic rings. The van der Waals surface area contributed by atoms with Crippen LogP contribution in [0.5, 0.6) is 0 Å². The Bertz CT molecular complexity index is 406. The molecule has 1 aromatic heterocycles. The highest BCUT2D eigenvalue weighted by Gasteiger charge is 2.28. The number of aryl methyl sites for hydroxylation is 2. The second-order valence-corrected chi connectivity index (χ2v) is 4.76. The van der Waals surface area contributed by atoms with Crippen molar-refractivity contribution in [2.24, 2.45) is 0 Å². The standard InChI is InChI=1S/C13H21N3O2/c1-4-14-11-6-5-7-16(13(11)17)8-12-15-9(2)10(3)18-12/h11,14H,4-8H2,1-3H3. The number of hydrogen-bond donors (Lipinski definition) is 1. The second kappa shape index (κ2) is 5.52. The highest BCUT2D eigenvalue weighted by atomic mass is 16.4. The smallest absolute Gasteiger partial charge is 0.240 e. The highest BCUT2D eigenvalue weighted by molar-refractivity contribution is 5.82. The zero-order valence-corrected chi connectivity index (χ0v) is 11.3. The molecular formula is C13H21N3O2. The van der Waals surface area contributed by atoms with Gasteiger partial charge in [-0.05, 0) is 33.2 Å². The molecule has 5 heteroatoms. The maximum absolute atomic E-state index is 12.2. The third kappa shape index (κ3) is 2.72. The quantitative estimate of drug-likeness (QED) is 0.878. The van der Waals surface area contributed by atoms with E-state index < -0.39 is 0 Å². The Labute approximate surface area is 108 Å². The Morgan fingerprint density at radius 3 is 2.89 bits per heavy atom. The number of amides is 1. The number of carbonyl (C=O) groups excluding carboxylic acids is 1. The lowest BCUT2D eigenvalue weighted by Crippen LogP contribution is -2.50. The van der Waals surface area contributed by atoms with Crippen LogP contribution >= 0.6 is 0 Å². The summed E-state index contributed by atoms with van der Waals surface area (Å²) < 4.78 is 5.54. The van der Waals surface area contributed by atoms with Crippen molar-refractivity contribution in [3.63, 3.8) is 0 Å². The lowest BCUT2D eigenvalue weighted by molar-refractivity contribution is -0.136. The van der Waals surface area contributed by atoms with Crippen LogP contribution in [0.4, 0.5) is 0 Å². The molecule has 1 N–H and O–H groups in total. The number of aromatic nitrogens is 1. The number of likely N-dealkylation sites (N-methyl/N-ethyl adjacent to an activating group) is 1. The van der Waals surface area contributed by atoms with Crippen LogP contribution in [0.3, 0.4) is 0 Å². The van der Waals surface area contributed by atoms with Gasteiger partial charge in [-0.15, -0.1) is 0 Å². The van der Waals surface area contributed by atoms with E-state index in [1.807, 2.05) is 25.7 Å². The third-order valence-corrected chi connectivity index (χ3v) is 3.38. The Morgan fingerprint density at radius 2 is 2.28 bits per heavy atom. The van der Waals surface area contributed by atoms with E-state index in [9.17, 15) is 4.79 Å². The van der Waals surface area contributed by atoms with Crippen molar-refractivity contribution < 1.29 is 9.21 Å². The number of carbonyl (C=O) groups is 1. The molecule has 2 rings (SSSR count). The first kappa shape index (κ1) is 13.1. The van der Waals surface area contributed by atoms with Gasteiger partial charge < -0.3 is 14.6 Å². The summed E-state index contributed by atoms with van der Waals surface area (Å²) in [7, 11) is 0. The summed E-state index contributed by atoms with van der Waals surface area (Å²) in [4.78, 5) is 18.4. The number of rotatable bonds is 4.